The number of anilines is 1. The van der Waals surface area contributed by atoms with Crippen molar-refractivity contribution in [3.8, 4) is 0 Å². The highest BCUT2D eigenvalue weighted by Gasteiger charge is 2.20. The van der Waals surface area contributed by atoms with E-state index < -0.39 is 17.2 Å². The summed E-state index contributed by atoms with van der Waals surface area (Å²) in [7, 11) is 0. The summed E-state index contributed by atoms with van der Waals surface area (Å²) >= 11 is 0. The average molecular weight is 403 g/mol. The van der Waals surface area contributed by atoms with Gasteiger partial charge < -0.3 is 20.1 Å². The van der Waals surface area contributed by atoms with Crippen LogP contribution in [0.4, 0.5) is 10.1 Å². The molecule has 0 bridgehead atoms. The molecule has 29 heavy (non-hydrogen) atoms. The van der Waals surface area contributed by atoms with Gasteiger partial charge in [0.1, 0.15) is 11.4 Å². The molecule has 1 amide bonds. The molecule has 0 aliphatic carbocycles. The van der Waals surface area contributed by atoms with Crippen LogP contribution in [0.15, 0.2) is 23.1 Å². The number of nitrogens with one attached hydrogen (secondary N) is 2. The molecule has 0 spiro atoms. The minimum Gasteiger partial charge on any atom is -0.367 e. The number of nitrogens with zero attached hydrogens (tertiary/aromatic N) is 2. The van der Waals surface area contributed by atoms with Crippen LogP contribution < -0.4 is 21.0 Å². The van der Waals surface area contributed by atoms with Gasteiger partial charge in [0.25, 0.3) is 5.91 Å². The Kier molecular flexibility index (Phi) is 6.27. The number of piperazine rings is 1. The fourth-order valence-electron chi connectivity index (χ4n) is 3.62. The topological polar surface area (TPSA) is 66.4 Å². The fourth-order valence-corrected chi connectivity index (χ4v) is 3.62. The Balaban J connectivity index is 1.98. The molecule has 2 aromatic rings. The first kappa shape index (κ1) is 21.3. The summed E-state index contributed by atoms with van der Waals surface area (Å²) < 4.78 is 16.7. The second kappa shape index (κ2) is 8.53. The number of fused-ring (bicyclic) bond motifs is 1. The van der Waals surface area contributed by atoms with Gasteiger partial charge in [-0.1, -0.05) is 20.8 Å². The lowest BCUT2D eigenvalue weighted by molar-refractivity contribution is 0.0948. The number of pyridine rings is 1. The molecule has 0 unspecified atom stereocenters. The third kappa shape index (κ3) is 4.78. The second-order valence-corrected chi connectivity index (χ2v) is 8.78. The predicted molar refractivity (Wildman–Crippen MR) is 115 cm³/mol. The van der Waals surface area contributed by atoms with Crippen molar-refractivity contribution in [3.05, 3.63) is 39.9 Å². The Hall–Kier alpha value is -2.41. The highest BCUT2D eigenvalue weighted by molar-refractivity contribution is 5.97. The van der Waals surface area contributed by atoms with Crippen molar-refractivity contribution in [1.82, 2.24) is 15.2 Å². The largest absolute Gasteiger partial charge is 0.367 e. The van der Waals surface area contributed by atoms with Gasteiger partial charge in [0.15, 0.2) is 0 Å². The summed E-state index contributed by atoms with van der Waals surface area (Å²) in [5, 5.41) is 6.33. The SMILES string of the molecule is CCn1cc(C(=O)NCCC(C)(C)C)c(=O)c2cc(F)c(N3CCNCC3)cc21. The Bertz CT molecular complexity index is 956. The minimum absolute atomic E-state index is 0.0579. The van der Waals surface area contributed by atoms with Crippen molar-refractivity contribution in [2.24, 2.45) is 5.41 Å². The number of amides is 1. The van der Waals surface area contributed by atoms with Crippen LogP contribution in [0.3, 0.4) is 0 Å². The number of aromatic nitrogens is 1. The zero-order chi connectivity index (χ0) is 21.2. The first-order valence-corrected chi connectivity index (χ1v) is 10.3. The number of hydrogen-bond donors (Lipinski definition) is 2. The lowest BCUT2D eigenvalue weighted by Crippen LogP contribution is -2.44. The van der Waals surface area contributed by atoms with Crippen LogP contribution in [0.2, 0.25) is 0 Å². The summed E-state index contributed by atoms with van der Waals surface area (Å²) in [6.45, 7) is 12.3. The van der Waals surface area contributed by atoms with Crippen molar-refractivity contribution in [2.45, 2.75) is 40.7 Å². The van der Waals surface area contributed by atoms with Crippen LogP contribution in [0, 0.1) is 11.2 Å². The molecular formula is C22H31FN4O2. The molecule has 1 fully saturated rings. The van der Waals surface area contributed by atoms with E-state index in [-0.39, 0.29) is 16.4 Å². The molecule has 1 aromatic heterocycles. The Morgan fingerprint density at radius 2 is 1.93 bits per heavy atom. The Morgan fingerprint density at radius 3 is 2.55 bits per heavy atom. The van der Waals surface area contributed by atoms with Crippen molar-refractivity contribution >= 4 is 22.5 Å². The van der Waals surface area contributed by atoms with E-state index in [1.807, 2.05) is 16.4 Å². The minimum atomic E-state index is -0.427. The molecule has 2 heterocycles. The van der Waals surface area contributed by atoms with Crippen molar-refractivity contribution in [3.63, 3.8) is 0 Å². The molecule has 1 aliphatic rings. The quantitative estimate of drug-likeness (QED) is 0.807. The number of carbonyl (C=O) groups is 1. The van der Waals surface area contributed by atoms with Gasteiger partial charge in [-0.2, -0.15) is 0 Å². The van der Waals surface area contributed by atoms with E-state index in [1.165, 1.54) is 6.07 Å². The maximum absolute atomic E-state index is 14.9. The monoisotopic (exact) mass is 402 g/mol. The molecule has 1 aromatic carbocycles. The number of hydrogen-bond acceptors (Lipinski definition) is 4. The molecule has 2 N–H and O–H groups in total. The Labute approximate surface area is 171 Å². The number of rotatable bonds is 5. The second-order valence-electron chi connectivity index (χ2n) is 8.78. The molecule has 158 valence electrons. The van der Waals surface area contributed by atoms with E-state index in [0.717, 1.165) is 19.5 Å². The number of benzene rings is 1. The van der Waals surface area contributed by atoms with Crippen LogP contribution in [0.1, 0.15) is 44.5 Å². The molecule has 0 atom stereocenters. The van der Waals surface area contributed by atoms with Crippen molar-refractivity contribution in [2.75, 3.05) is 37.6 Å². The molecule has 0 saturated carbocycles. The third-order valence-corrected chi connectivity index (χ3v) is 5.35. The number of aryl methyl sites for hydroxylation is 1. The van der Waals surface area contributed by atoms with Gasteiger partial charge in [0.05, 0.1) is 11.2 Å². The normalized spacial score (nSPS) is 15.0. The van der Waals surface area contributed by atoms with E-state index in [1.54, 1.807) is 12.3 Å². The molecule has 3 rings (SSSR count). The molecular weight excluding hydrogens is 371 g/mol. The van der Waals surface area contributed by atoms with E-state index >= 15 is 0 Å². The lowest BCUT2D eigenvalue weighted by atomic mass is 9.92. The van der Waals surface area contributed by atoms with Gasteiger partial charge in [-0.25, -0.2) is 4.39 Å². The predicted octanol–water partition coefficient (Wildman–Crippen LogP) is 2.74. The summed E-state index contributed by atoms with van der Waals surface area (Å²) in [4.78, 5) is 27.6. The molecule has 7 heteroatoms. The van der Waals surface area contributed by atoms with Crippen LogP contribution in [0.25, 0.3) is 10.9 Å². The van der Waals surface area contributed by atoms with Gasteiger partial charge in [-0.3, -0.25) is 9.59 Å². The zero-order valence-electron chi connectivity index (χ0n) is 17.8. The summed E-state index contributed by atoms with van der Waals surface area (Å²) in [6.07, 6.45) is 2.40. The maximum Gasteiger partial charge on any atom is 0.256 e. The van der Waals surface area contributed by atoms with Crippen LogP contribution in [0.5, 0.6) is 0 Å². The number of carbonyl (C=O) groups excluding carboxylic acids is 1. The van der Waals surface area contributed by atoms with Crippen LogP contribution in [-0.2, 0) is 6.54 Å². The number of halogens is 1. The molecule has 1 saturated heterocycles. The first-order valence-electron chi connectivity index (χ1n) is 10.3. The highest BCUT2D eigenvalue weighted by Crippen LogP contribution is 2.25. The van der Waals surface area contributed by atoms with E-state index in [0.29, 0.717) is 37.4 Å². The maximum atomic E-state index is 14.9. The van der Waals surface area contributed by atoms with E-state index in [9.17, 15) is 14.0 Å². The first-order chi connectivity index (χ1) is 13.7. The zero-order valence-corrected chi connectivity index (χ0v) is 17.8. The molecule has 1 aliphatic heterocycles. The smallest absolute Gasteiger partial charge is 0.256 e. The van der Waals surface area contributed by atoms with E-state index in [4.69, 9.17) is 0 Å². The highest BCUT2D eigenvalue weighted by atomic mass is 19.1. The standard InChI is InChI=1S/C22H31FN4O2/c1-5-26-14-16(21(29)25-7-6-22(2,3)4)20(28)15-12-17(23)19(13-18(15)26)27-10-8-24-9-11-27/h12-14,24H,5-11H2,1-4H3,(H,25,29). The third-order valence-electron chi connectivity index (χ3n) is 5.35. The summed E-state index contributed by atoms with van der Waals surface area (Å²) in [5.74, 6) is -0.834. The average Bonchev–Trinajstić information content (AvgIpc) is 2.68. The van der Waals surface area contributed by atoms with Crippen LogP contribution in [-0.4, -0.2) is 43.2 Å². The Morgan fingerprint density at radius 1 is 1.24 bits per heavy atom. The molecule has 6 nitrogen and oxygen atoms in total. The van der Waals surface area contributed by atoms with Gasteiger partial charge in [0.2, 0.25) is 5.43 Å². The fraction of sp³-hybridized carbons (Fsp3) is 0.545. The van der Waals surface area contributed by atoms with E-state index in [2.05, 4.69) is 31.4 Å². The van der Waals surface area contributed by atoms with Gasteiger partial charge in [-0.15, -0.1) is 0 Å². The van der Waals surface area contributed by atoms with Gasteiger partial charge in [0, 0.05) is 50.9 Å². The summed E-state index contributed by atoms with van der Waals surface area (Å²) in [5.41, 5.74) is 0.872. The van der Waals surface area contributed by atoms with Crippen LogP contribution >= 0.6 is 0 Å². The lowest BCUT2D eigenvalue weighted by Gasteiger charge is -2.30. The van der Waals surface area contributed by atoms with Gasteiger partial charge >= 0.3 is 0 Å². The van der Waals surface area contributed by atoms with Crippen molar-refractivity contribution in [1.29, 1.82) is 0 Å². The van der Waals surface area contributed by atoms with Gasteiger partial charge in [-0.05, 0) is 30.9 Å². The van der Waals surface area contributed by atoms with Crippen molar-refractivity contribution < 1.29 is 9.18 Å². The summed E-state index contributed by atoms with van der Waals surface area (Å²) in [6, 6.07) is 3.02. The molecule has 0 radical (unpaired) electrons.